The number of hydrazone groups is 1. The fourth-order valence-electron chi connectivity index (χ4n) is 0.601. The normalized spacial score (nSPS) is 28.6. The third-order valence-electron chi connectivity index (χ3n) is 1.11. The Bertz CT molecular complexity index is 119. The van der Waals surface area contributed by atoms with Gasteiger partial charge in [0.25, 0.3) is 0 Å². The number of nitrogens with zero attached hydrogens (tertiary/aromatic N) is 3. The van der Waals surface area contributed by atoms with Crippen LogP contribution in [0.4, 0.5) is 0 Å². The Balaban J connectivity index is 2.59. The van der Waals surface area contributed by atoms with E-state index in [-0.39, 0.29) is 0 Å². The SMILES string of the molecule is CC1=NN(C)[N-][NH+]1C. The highest BCUT2D eigenvalue weighted by molar-refractivity contribution is 5.71. The predicted molar refractivity (Wildman–Crippen MR) is 31.1 cm³/mol. The highest BCUT2D eigenvalue weighted by atomic mass is 15.9. The quantitative estimate of drug-likeness (QED) is 0.430. The maximum atomic E-state index is 4.02. The van der Waals surface area contributed by atoms with Gasteiger partial charge in [-0.1, -0.05) is 0 Å². The van der Waals surface area contributed by atoms with E-state index >= 15 is 0 Å². The van der Waals surface area contributed by atoms with E-state index in [1.807, 2.05) is 21.0 Å². The van der Waals surface area contributed by atoms with Gasteiger partial charge in [0.15, 0.2) is 0 Å². The van der Waals surface area contributed by atoms with Gasteiger partial charge in [-0.3, -0.25) is 0 Å². The maximum Gasteiger partial charge on any atom is 0.205 e. The molecule has 46 valence electrons. The topological polar surface area (TPSA) is 34.1 Å². The molecule has 0 spiro atoms. The van der Waals surface area contributed by atoms with Crippen molar-refractivity contribution in [2.45, 2.75) is 6.92 Å². The standard InChI is InChI=1S/C4H10N4/c1-4-5-8(3)6-7(4)2/h7H,1-3H3. The summed E-state index contributed by atoms with van der Waals surface area (Å²) in [5.74, 6) is 1.01. The summed E-state index contributed by atoms with van der Waals surface area (Å²) >= 11 is 0. The van der Waals surface area contributed by atoms with Crippen molar-refractivity contribution < 1.29 is 5.01 Å². The Morgan fingerprint density at radius 1 is 1.75 bits per heavy atom. The molecule has 0 saturated carbocycles. The third-order valence-corrected chi connectivity index (χ3v) is 1.11. The van der Waals surface area contributed by atoms with Gasteiger partial charge < -0.3 is 15.7 Å². The first-order chi connectivity index (χ1) is 3.70. The van der Waals surface area contributed by atoms with Crippen LogP contribution in [0.3, 0.4) is 0 Å². The van der Waals surface area contributed by atoms with Gasteiger partial charge in [0, 0.05) is 14.0 Å². The Kier molecular flexibility index (Phi) is 1.19. The van der Waals surface area contributed by atoms with E-state index in [0.29, 0.717) is 0 Å². The molecular weight excluding hydrogens is 104 g/mol. The monoisotopic (exact) mass is 114 g/mol. The molecule has 1 unspecified atom stereocenters. The van der Waals surface area contributed by atoms with Gasteiger partial charge in [0.1, 0.15) is 0 Å². The molecule has 0 radical (unpaired) electrons. The summed E-state index contributed by atoms with van der Waals surface area (Å²) in [5, 5.41) is 6.60. The zero-order valence-corrected chi connectivity index (χ0v) is 5.34. The number of rotatable bonds is 0. The number of nitrogens with one attached hydrogen (secondary N) is 1. The fraction of sp³-hybridized carbons (Fsp3) is 0.750. The summed E-state index contributed by atoms with van der Waals surface area (Å²) in [6.45, 7) is 1.95. The van der Waals surface area contributed by atoms with Gasteiger partial charge in [-0.2, -0.15) is 0 Å². The molecule has 0 aromatic rings. The highest BCUT2D eigenvalue weighted by Crippen LogP contribution is 1.91. The van der Waals surface area contributed by atoms with Crippen molar-refractivity contribution >= 4 is 5.84 Å². The molecule has 1 heterocycles. The molecule has 1 rings (SSSR count). The van der Waals surface area contributed by atoms with Gasteiger partial charge in [0.2, 0.25) is 5.84 Å². The van der Waals surface area contributed by atoms with E-state index in [4.69, 9.17) is 0 Å². The Morgan fingerprint density at radius 3 is 2.50 bits per heavy atom. The molecule has 4 nitrogen and oxygen atoms in total. The van der Waals surface area contributed by atoms with Crippen LogP contribution in [0, 0.1) is 0 Å². The van der Waals surface area contributed by atoms with E-state index in [1.54, 1.807) is 5.12 Å². The number of amidine groups is 1. The van der Waals surface area contributed by atoms with Crippen LogP contribution in [0.2, 0.25) is 0 Å². The van der Waals surface area contributed by atoms with E-state index < -0.39 is 0 Å². The molecule has 8 heavy (non-hydrogen) atoms. The molecule has 0 aromatic heterocycles. The average molecular weight is 114 g/mol. The summed E-state index contributed by atoms with van der Waals surface area (Å²) < 4.78 is 0. The summed E-state index contributed by atoms with van der Waals surface area (Å²) in [5.41, 5.74) is 4.02. The molecule has 1 N–H and O–H groups in total. The smallest absolute Gasteiger partial charge is 0.205 e. The van der Waals surface area contributed by atoms with Gasteiger partial charge in [0.05, 0.1) is 7.05 Å². The molecule has 1 atom stereocenters. The summed E-state index contributed by atoms with van der Waals surface area (Å²) in [4.78, 5) is 0. The van der Waals surface area contributed by atoms with E-state index in [2.05, 4.69) is 10.6 Å². The molecule has 4 heteroatoms. The fourth-order valence-corrected chi connectivity index (χ4v) is 0.601. The second kappa shape index (κ2) is 1.72. The number of quaternary nitrogens is 1. The number of hydrogen-bond acceptors (Lipinski definition) is 2. The lowest BCUT2D eigenvalue weighted by Gasteiger charge is -2.22. The minimum atomic E-state index is 1.01. The lowest BCUT2D eigenvalue weighted by molar-refractivity contribution is -0.742. The third kappa shape index (κ3) is 0.801. The molecule has 0 amide bonds. The summed E-state index contributed by atoms with van der Waals surface area (Å²) in [6.07, 6.45) is 0. The highest BCUT2D eigenvalue weighted by Gasteiger charge is 2.04. The average Bonchev–Trinajstić information content (AvgIpc) is 1.85. The largest absolute Gasteiger partial charge is 0.343 e. The first kappa shape index (κ1) is 5.53. The first-order valence-electron chi connectivity index (χ1n) is 2.54. The van der Waals surface area contributed by atoms with Crippen LogP contribution >= 0.6 is 0 Å². The maximum absolute atomic E-state index is 4.02. The molecule has 0 fully saturated rings. The van der Waals surface area contributed by atoms with Crippen molar-refractivity contribution in [2.75, 3.05) is 14.1 Å². The van der Waals surface area contributed by atoms with Crippen molar-refractivity contribution in [1.29, 1.82) is 0 Å². The number of hydrogen-bond donors (Lipinski definition) is 1. The van der Waals surface area contributed by atoms with Gasteiger partial charge in [-0.15, -0.1) is 5.10 Å². The zero-order chi connectivity index (χ0) is 6.15. The van der Waals surface area contributed by atoms with E-state index in [1.165, 1.54) is 0 Å². The zero-order valence-electron chi connectivity index (χ0n) is 5.34. The van der Waals surface area contributed by atoms with Crippen LogP contribution in [-0.2, 0) is 0 Å². The summed E-state index contributed by atoms with van der Waals surface area (Å²) in [6, 6.07) is 0. The predicted octanol–water partition coefficient (Wildman–Crippen LogP) is -1.02. The second-order valence-corrected chi connectivity index (χ2v) is 1.86. The minimum Gasteiger partial charge on any atom is -0.343 e. The van der Waals surface area contributed by atoms with Crippen molar-refractivity contribution in [3.63, 3.8) is 0 Å². The first-order valence-corrected chi connectivity index (χ1v) is 2.54. The van der Waals surface area contributed by atoms with Crippen LogP contribution in [-0.4, -0.2) is 25.0 Å². The minimum absolute atomic E-state index is 1.01. The van der Waals surface area contributed by atoms with Crippen molar-refractivity contribution in [3.05, 3.63) is 5.53 Å². The van der Waals surface area contributed by atoms with Crippen LogP contribution in [0.5, 0.6) is 0 Å². The second-order valence-electron chi connectivity index (χ2n) is 1.86. The van der Waals surface area contributed by atoms with E-state index in [0.717, 1.165) is 10.8 Å². The summed E-state index contributed by atoms with van der Waals surface area (Å²) in [7, 11) is 3.77. The van der Waals surface area contributed by atoms with Gasteiger partial charge >= 0.3 is 0 Å². The molecule has 0 bridgehead atoms. The Labute approximate surface area is 48.7 Å². The Morgan fingerprint density at radius 2 is 2.38 bits per heavy atom. The van der Waals surface area contributed by atoms with Crippen LogP contribution in [0.15, 0.2) is 5.10 Å². The lowest BCUT2D eigenvalue weighted by Crippen LogP contribution is -3.06. The van der Waals surface area contributed by atoms with Crippen molar-refractivity contribution in [2.24, 2.45) is 5.10 Å². The van der Waals surface area contributed by atoms with Crippen molar-refractivity contribution in [3.8, 4) is 0 Å². The molecule has 0 saturated heterocycles. The lowest BCUT2D eigenvalue weighted by atomic mass is 10.7. The molecular formula is C4H10N4. The van der Waals surface area contributed by atoms with Crippen LogP contribution in [0.25, 0.3) is 5.53 Å². The molecule has 0 aliphatic carbocycles. The Hall–Kier alpha value is -0.610. The van der Waals surface area contributed by atoms with Crippen molar-refractivity contribution in [1.82, 2.24) is 5.12 Å². The van der Waals surface area contributed by atoms with Gasteiger partial charge in [-0.25, -0.2) is 0 Å². The van der Waals surface area contributed by atoms with Crippen LogP contribution < -0.4 is 5.01 Å². The van der Waals surface area contributed by atoms with Gasteiger partial charge in [-0.05, 0) is 0 Å². The van der Waals surface area contributed by atoms with E-state index in [9.17, 15) is 0 Å². The molecule has 1 aliphatic rings. The molecule has 1 aliphatic heterocycles. The van der Waals surface area contributed by atoms with Crippen LogP contribution in [0.1, 0.15) is 6.92 Å². The molecule has 0 aromatic carbocycles.